The van der Waals surface area contributed by atoms with Crippen LogP contribution < -0.4 is 0 Å². The first-order valence-corrected chi connectivity index (χ1v) is 18.9. The van der Waals surface area contributed by atoms with Gasteiger partial charge in [0.25, 0.3) is 0 Å². The highest BCUT2D eigenvalue weighted by Gasteiger charge is 2.64. The molecule has 5 nitrogen and oxygen atoms in total. The molecule has 4 saturated carbocycles. The van der Waals surface area contributed by atoms with Crippen LogP contribution in [0.5, 0.6) is 0 Å². The van der Waals surface area contributed by atoms with Crippen molar-refractivity contribution in [1.82, 2.24) is 0 Å². The summed E-state index contributed by atoms with van der Waals surface area (Å²) in [5, 5.41) is 11.7. The van der Waals surface area contributed by atoms with Gasteiger partial charge in [0.1, 0.15) is 6.10 Å². The molecule has 5 unspecified atom stereocenters. The quantitative estimate of drug-likeness (QED) is 0.304. The standard InChI is InChI=1S/C36H56O5S/c1-24(2)10-9-11-25(3)31-16-17-32-30-15-14-26-22-36(37)27(21-35(26,5)33(30)18-19-34(31,32)4)20-28(40-41-36)23-42(38,39)29-12-7-6-8-13-29/h6-8,12-13,24-28,30-33,37H,9-11,14-23H2,1-5H3/t25?,26-,27+,28+,30?,31?,32?,33?,34+,35-,36+/m0/s1. The normalized spacial score (nSPS) is 44.1. The fourth-order valence-corrected chi connectivity index (χ4v) is 12.8. The van der Waals surface area contributed by atoms with Crippen molar-refractivity contribution >= 4 is 9.84 Å². The van der Waals surface area contributed by atoms with Crippen molar-refractivity contribution in [3.05, 3.63) is 30.3 Å². The topological polar surface area (TPSA) is 72.8 Å². The van der Waals surface area contributed by atoms with Crippen LogP contribution in [0, 0.1) is 58.2 Å². The van der Waals surface area contributed by atoms with Crippen LogP contribution in [-0.4, -0.2) is 31.2 Å². The maximum atomic E-state index is 13.1. The minimum Gasteiger partial charge on any atom is -0.363 e. The van der Waals surface area contributed by atoms with E-state index in [2.05, 4.69) is 34.6 Å². The first-order valence-electron chi connectivity index (χ1n) is 17.2. The highest BCUT2D eigenvalue weighted by Crippen LogP contribution is 2.70. The maximum absolute atomic E-state index is 13.1. The van der Waals surface area contributed by atoms with Gasteiger partial charge in [-0.25, -0.2) is 18.2 Å². The Balaban J connectivity index is 1.15. The van der Waals surface area contributed by atoms with Crippen LogP contribution in [0.25, 0.3) is 0 Å². The van der Waals surface area contributed by atoms with E-state index < -0.39 is 21.7 Å². The Kier molecular flexibility index (Phi) is 8.46. The Hall–Kier alpha value is -0.950. The summed E-state index contributed by atoms with van der Waals surface area (Å²) in [4.78, 5) is 11.7. The number of benzene rings is 1. The number of aliphatic hydroxyl groups is 1. The summed E-state index contributed by atoms with van der Waals surface area (Å²) in [6.45, 7) is 12.4. The van der Waals surface area contributed by atoms with Gasteiger partial charge in [-0.3, -0.25) is 0 Å². The van der Waals surface area contributed by atoms with Crippen LogP contribution >= 0.6 is 0 Å². The molecule has 5 fully saturated rings. The summed E-state index contributed by atoms with van der Waals surface area (Å²) in [5.74, 6) is 3.64. The first-order chi connectivity index (χ1) is 19.9. The molecule has 236 valence electrons. The molecule has 1 saturated heterocycles. The van der Waals surface area contributed by atoms with Crippen molar-refractivity contribution in [3.8, 4) is 0 Å². The van der Waals surface area contributed by atoms with Gasteiger partial charge in [-0.05, 0) is 116 Å². The van der Waals surface area contributed by atoms with Crippen molar-refractivity contribution in [3.63, 3.8) is 0 Å². The van der Waals surface area contributed by atoms with E-state index in [0.717, 1.165) is 42.4 Å². The van der Waals surface area contributed by atoms with Crippen LogP contribution in [-0.2, 0) is 19.6 Å². The van der Waals surface area contributed by atoms with Crippen LogP contribution in [0.3, 0.4) is 0 Å². The van der Waals surface area contributed by atoms with Crippen LogP contribution in [0.4, 0.5) is 0 Å². The van der Waals surface area contributed by atoms with Gasteiger partial charge in [0.2, 0.25) is 5.79 Å². The summed E-state index contributed by atoms with van der Waals surface area (Å²) in [5.41, 5.74) is 0.626. The fourth-order valence-electron chi connectivity index (χ4n) is 11.4. The number of sulfone groups is 1. The average molecular weight is 601 g/mol. The lowest BCUT2D eigenvalue weighted by Crippen LogP contribution is -2.61. The Morgan fingerprint density at radius 2 is 1.64 bits per heavy atom. The number of fused-ring (bicyclic) bond motifs is 6. The molecule has 1 heterocycles. The van der Waals surface area contributed by atoms with E-state index in [1.807, 2.05) is 6.07 Å². The van der Waals surface area contributed by atoms with E-state index in [4.69, 9.17) is 9.78 Å². The van der Waals surface area contributed by atoms with Crippen molar-refractivity contribution in [2.24, 2.45) is 58.2 Å². The second-order valence-electron chi connectivity index (χ2n) is 16.3. The molecule has 6 heteroatoms. The van der Waals surface area contributed by atoms with E-state index in [1.165, 1.54) is 51.4 Å². The van der Waals surface area contributed by atoms with Crippen molar-refractivity contribution < 1.29 is 23.3 Å². The molecule has 6 rings (SSSR count). The van der Waals surface area contributed by atoms with E-state index in [0.29, 0.717) is 35.0 Å². The monoisotopic (exact) mass is 600 g/mol. The smallest absolute Gasteiger partial charge is 0.202 e. The Bertz CT molecular complexity index is 1200. The Morgan fingerprint density at radius 1 is 0.905 bits per heavy atom. The van der Waals surface area contributed by atoms with Gasteiger partial charge in [0.15, 0.2) is 9.84 Å². The molecule has 0 aromatic heterocycles. The number of hydrogen-bond donors (Lipinski definition) is 1. The molecule has 42 heavy (non-hydrogen) atoms. The molecule has 0 radical (unpaired) electrons. The van der Waals surface area contributed by atoms with Gasteiger partial charge in [0, 0.05) is 12.3 Å². The van der Waals surface area contributed by atoms with E-state index in [1.54, 1.807) is 24.3 Å². The summed E-state index contributed by atoms with van der Waals surface area (Å²) < 4.78 is 26.2. The lowest BCUT2D eigenvalue weighted by Gasteiger charge is -2.64. The van der Waals surface area contributed by atoms with E-state index in [9.17, 15) is 13.5 Å². The molecule has 11 atom stereocenters. The molecule has 1 N–H and O–H groups in total. The molecule has 5 aliphatic rings. The van der Waals surface area contributed by atoms with E-state index in [-0.39, 0.29) is 17.1 Å². The third-order valence-electron chi connectivity index (χ3n) is 13.5. The molecular formula is C36H56O5S. The highest BCUT2D eigenvalue weighted by molar-refractivity contribution is 7.91. The van der Waals surface area contributed by atoms with E-state index >= 15 is 0 Å². The molecule has 1 aliphatic heterocycles. The predicted molar refractivity (Wildman–Crippen MR) is 166 cm³/mol. The summed E-state index contributed by atoms with van der Waals surface area (Å²) in [6.07, 6.45) is 13.4. The zero-order valence-corrected chi connectivity index (χ0v) is 27.6. The fraction of sp³-hybridized carbons (Fsp3) is 0.833. The number of hydrogen-bond acceptors (Lipinski definition) is 5. The summed E-state index contributed by atoms with van der Waals surface area (Å²) >= 11 is 0. The minimum absolute atomic E-state index is 0.104. The highest BCUT2D eigenvalue weighted by atomic mass is 32.2. The molecule has 4 aliphatic carbocycles. The molecule has 1 aromatic rings. The first kappa shape index (κ1) is 31.0. The third kappa shape index (κ3) is 5.43. The van der Waals surface area contributed by atoms with Gasteiger partial charge in [-0.2, -0.15) is 0 Å². The number of rotatable bonds is 8. The lowest BCUT2D eigenvalue weighted by atomic mass is 9.43. The van der Waals surface area contributed by atoms with Gasteiger partial charge < -0.3 is 5.11 Å². The van der Waals surface area contributed by atoms with Crippen LogP contribution in [0.15, 0.2) is 35.2 Å². The molecule has 1 aromatic carbocycles. The van der Waals surface area contributed by atoms with Gasteiger partial charge in [-0.1, -0.05) is 72.1 Å². The van der Waals surface area contributed by atoms with Crippen molar-refractivity contribution in [1.29, 1.82) is 0 Å². The van der Waals surface area contributed by atoms with Gasteiger partial charge >= 0.3 is 0 Å². The molecule has 0 spiro atoms. The predicted octanol–water partition coefficient (Wildman–Crippen LogP) is 8.22. The maximum Gasteiger partial charge on any atom is 0.202 e. The van der Waals surface area contributed by atoms with Crippen molar-refractivity contribution in [2.75, 3.05) is 5.75 Å². The van der Waals surface area contributed by atoms with Crippen molar-refractivity contribution in [2.45, 2.75) is 128 Å². The second-order valence-corrected chi connectivity index (χ2v) is 18.3. The summed E-state index contributed by atoms with van der Waals surface area (Å²) in [6, 6.07) is 8.60. The van der Waals surface area contributed by atoms with Crippen LogP contribution in [0.2, 0.25) is 0 Å². The van der Waals surface area contributed by atoms with Gasteiger partial charge in [-0.15, -0.1) is 0 Å². The third-order valence-corrected chi connectivity index (χ3v) is 15.3. The summed E-state index contributed by atoms with van der Waals surface area (Å²) in [7, 11) is -3.50. The average Bonchev–Trinajstić information content (AvgIpc) is 3.30. The second kappa shape index (κ2) is 11.4. The Labute approximate surface area is 255 Å². The zero-order valence-electron chi connectivity index (χ0n) is 26.8. The van der Waals surface area contributed by atoms with Crippen LogP contribution in [0.1, 0.15) is 112 Å². The zero-order chi connectivity index (χ0) is 29.9. The largest absolute Gasteiger partial charge is 0.363 e. The lowest BCUT2D eigenvalue weighted by molar-refractivity contribution is -0.487. The SMILES string of the molecule is CC(C)CCCC(C)C1CCC2C3CC[C@H]4C[C@@]5(O)OO[C@@H](CS(=O)(=O)c6ccccc6)C[C@@H]5C[C@]4(C)C3CC[C@]12C. The molecule has 0 bridgehead atoms. The van der Waals surface area contributed by atoms with Gasteiger partial charge in [0.05, 0.1) is 10.6 Å². The Morgan fingerprint density at radius 3 is 2.38 bits per heavy atom. The molecular weight excluding hydrogens is 544 g/mol. The minimum atomic E-state index is -3.50. The molecule has 0 amide bonds.